The average Bonchev–Trinajstić information content (AvgIpc) is 3.72. The maximum Gasteiger partial charge on any atom is 0.408 e. The molecule has 5 rings (SSSR count). The van der Waals surface area contributed by atoms with Crippen LogP contribution in [0.4, 0.5) is 4.79 Å². The molecule has 1 aromatic heterocycles. The molecular weight excluding hydrogens is 641 g/mol. The van der Waals surface area contributed by atoms with Gasteiger partial charge in [0, 0.05) is 23.6 Å². The van der Waals surface area contributed by atoms with Crippen LogP contribution in [0.5, 0.6) is 0 Å². The molecule has 256 valence electrons. The number of Topliss-reactive ketones (excluding diaryl/α,β-unsaturated/α-hetero) is 1. The minimum Gasteiger partial charge on any atom is -0.445 e. The Hall–Kier alpha value is -5.03. The van der Waals surface area contributed by atoms with E-state index in [0.717, 1.165) is 21.2 Å². The van der Waals surface area contributed by atoms with Gasteiger partial charge >= 0.3 is 6.09 Å². The number of nitrogens with one attached hydrogen (secondary N) is 4. The van der Waals surface area contributed by atoms with E-state index in [0.29, 0.717) is 24.3 Å². The highest BCUT2D eigenvalue weighted by Gasteiger charge is 2.35. The van der Waals surface area contributed by atoms with Crippen LogP contribution in [0.15, 0.2) is 91.0 Å². The summed E-state index contributed by atoms with van der Waals surface area (Å²) in [6.07, 6.45) is 0.367. The van der Waals surface area contributed by atoms with Gasteiger partial charge in [0.05, 0.1) is 10.9 Å². The minimum absolute atomic E-state index is 0.0347. The number of ether oxygens (including phenoxy) is 1. The first-order valence-electron chi connectivity index (χ1n) is 16.6. The van der Waals surface area contributed by atoms with E-state index < -0.39 is 42.0 Å². The van der Waals surface area contributed by atoms with Gasteiger partial charge in [0.25, 0.3) is 0 Å². The molecule has 1 aliphatic heterocycles. The second-order valence-electron chi connectivity index (χ2n) is 12.7. The quantitative estimate of drug-likeness (QED) is 0.128. The Labute approximate surface area is 290 Å². The molecule has 4 atom stereocenters. The molecule has 11 heteroatoms. The summed E-state index contributed by atoms with van der Waals surface area (Å²) in [4.78, 5) is 67.7. The third kappa shape index (κ3) is 9.99. The lowest BCUT2D eigenvalue weighted by Gasteiger charge is -2.26. The number of thiophene rings is 1. The SMILES string of the molecule is CC(C)CC(NC(=O)OCc1ccccc1)C(=O)NC(Cc1ccccc1)C(=O)NC(CC1CCNC1=O)C(=O)c1cc2ccccc2s1. The van der Waals surface area contributed by atoms with E-state index in [2.05, 4.69) is 21.3 Å². The van der Waals surface area contributed by atoms with Gasteiger partial charge < -0.3 is 26.0 Å². The molecule has 49 heavy (non-hydrogen) atoms. The number of rotatable bonds is 15. The number of hydrogen-bond acceptors (Lipinski definition) is 7. The van der Waals surface area contributed by atoms with Gasteiger partial charge in [0.1, 0.15) is 18.7 Å². The molecule has 0 bridgehead atoms. The van der Waals surface area contributed by atoms with Crippen molar-refractivity contribution in [3.05, 3.63) is 107 Å². The second-order valence-corrected chi connectivity index (χ2v) is 13.8. The molecule has 0 aliphatic carbocycles. The van der Waals surface area contributed by atoms with Crippen LogP contribution in [-0.4, -0.2) is 54.3 Å². The van der Waals surface area contributed by atoms with Crippen molar-refractivity contribution >= 4 is 51.0 Å². The first-order valence-corrected chi connectivity index (χ1v) is 17.4. The van der Waals surface area contributed by atoms with E-state index in [-0.39, 0.29) is 37.1 Å². The zero-order valence-corrected chi connectivity index (χ0v) is 28.5. The molecule has 0 saturated carbocycles. The highest BCUT2D eigenvalue weighted by molar-refractivity contribution is 7.20. The van der Waals surface area contributed by atoms with Gasteiger partial charge in [-0.05, 0) is 53.8 Å². The fraction of sp³-hybridized carbons (Fsp3) is 0.342. The third-order valence-electron chi connectivity index (χ3n) is 8.43. The predicted molar refractivity (Wildman–Crippen MR) is 189 cm³/mol. The zero-order valence-electron chi connectivity index (χ0n) is 27.6. The number of hydrogen-bond donors (Lipinski definition) is 4. The maximum atomic E-state index is 14.1. The summed E-state index contributed by atoms with van der Waals surface area (Å²) in [5.41, 5.74) is 1.60. The molecule has 4 aromatic rings. The number of ketones is 1. The molecule has 0 spiro atoms. The highest BCUT2D eigenvalue weighted by Crippen LogP contribution is 2.28. The van der Waals surface area contributed by atoms with Crippen molar-refractivity contribution in [1.82, 2.24) is 21.3 Å². The average molecular weight is 683 g/mol. The lowest BCUT2D eigenvalue weighted by Crippen LogP contribution is -2.56. The molecule has 2 heterocycles. The van der Waals surface area contributed by atoms with E-state index in [1.165, 1.54) is 11.3 Å². The monoisotopic (exact) mass is 682 g/mol. The second kappa shape index (κ2) is 16.9. The van der Waals surface area contributed by atoms with E-state index in [9.17, 15) is 24.0 Å². The molecule has 10 nitrogen and oxygen atoms in total. The molecule has 1 aliphatic rings. The summed E-state index contributed by atoms with van der Waals surface area (Å²) in [6, 6.07) is 24.8. The minimum atomic E-state index is -1.08. The molecule has 4 N–H and O–H groups in total. The molecule has 3 aromatic carbocycles. The standard InChI is InChI=1S/C38H42N4O6S/c1-24(2)19-30(42-38(47)48-23-26-13-7-4-8-14-26)36(45)41-31(20-25-11-5-3-6-12-25)37(46)40-29(21-28-17-18-39-35(28)44)34(43)33-22-27-15-9-10-16-32(27)49-33/h3-16,22,24,28-31H,17-21,23H2,1-2H3,(H,39,44)(H,40,46)(H,41,45)(H,42,47). The van der Waals surface area contributed by atoms with Crippen molar-refractivity contribution in [3.8, 4) is 0 Å². The number of carbonyl (C=O) groups is 5. The Morgan fingerprint density at radius 1 is 0.816 bits per heavy atom. The van der Waals surface area contributed by atoms with Gasteiger partial charge in [-0.3, -0.25) is 19.2 Å². The molecule has 0 radical (unpaired) electrons. The molecule has 1 fully saturated rings. The van der Waals surface area contributed by atoms with Crippen molar-refractivity contribution in [3.63, 3.8) is 0 Å². The van der Waals surface area contributed by atoms with Crippen LogP contribution in [-0.2, 0) is 32.1 Å². The summed E-state index contributed by atoms with van der Waals surface area (Å²) < 4.78 is 6.31. The van der Waals surface area contributed by atoms with Crippen LogP contribution in [0.3, 0.4) is 0 Å². The summed E-state index contributed by atoms with van der Waals surface area (Å²) >= 11 is 1.34. The van der Waals surface area contributed by atoms with Gasteiger partial charge in [-0.25, -0.2) is 4.79 Å². The predicted octanol–water partition coefficient (Wildman–Crippen LogP) is 5.16. The van der Waals surface area contributed by atoms with Crippen molar-refractivity contribution < 1.29 is 28.7 Å². The summed E-state index contributed by atoms with van der Waals surface area (Å²) in [5, 5.41) is 12.1. The lowest BCUT2D eigenvalue weighted by molar-refractivity contribution is -0.130. The fourth-order valence-electron chi connectivity index (χ4n) is 5.87. The molecule has 1 saturated heterocycles. The zero-order chi connectivity index (χ0) is 34.8. The van der Waals surface area contributed by atoms with Crippen molar-refractivity contribution in [2.24, 2.45) is 11.8 Å². The van der Waals surface area contributed by atoms with Gasteiger partial charge in [-0.2, -0.15) is 0 Å². The Bertz CT molecular complexity index is 1730. The van der Waals surface area contributed by atoms with E-state index in [1.807, 2.05) is 98.8 Å². The van der Waals surface area contributed by atoms with Gasteiger partial charge in [0.2, 0.25) is 17.7 Å². The summed E-state index contributed by atoms with van der Waals surface area (Å²) in [7, 11) is 0. The Balaban J connectivity index is 1.35. The normalized spacial score (nSPS) is 16.0. The number of benzene rings is 3. The van der Waals surface area contributed by atoms with Gasteiger partial charge in [-0.15, -0.1) is 11.3 Å². The Kier molecular flexibility index (Phi) is 12.2. The maximum absolute atomic E-state index is 14.1. The Morgan fingerprint density at radius 2 is 1.45 bits per heavy atom. The van der Waals surface area contributed by atoms with Crippen molar-refractivity contribution in [2.45, 2.75) is 64.3 Å². The highest BCUT2D eigenvalue weighted by atomic mass is 32.1. The smallest absolute Gasteiger partial charge is 0.408 e. The van der Waals surface area contributed by atoms with E-state index >= 15 is 0 Å². The number of carbonyl (C=O) groups excluding carboxylic acids is 5. The van der Waals surface area contributed by atoms with Crippen LogP contribution < -0.4 is 21.3 Å². The van der Waals surface area contributed by atoms with Crippen LogP contribution in [0, 0.1) is 11.8 Å². The van der Waals surface area contributed by atoms with Gasteiger partial charge in [0.15, 0.2) is 5.78 Å². The van der Waals surface area contributed by atoms with Crippen molar-refractivity contribution in [2.75, 3.05) is 6.54 Å². The van der Waals surface area contributed by atoms with Crippen LogP contribution >= 0.6 is 11.3 Å². The van der Waals surface area contributed by atoms with Crippen LogP contribution in [0.1, 0.15) is 53.9 Å². The van der Waals surface area contributed by atoms with Crippen LogP contribution in [0.25, 0.3) is 10.1 Å². The lowest BCUT2D eigenvalue weighted by atomic mass is 9.94. The van der Waals surface area contributed by atoms with Crippen molar-refractivity contribution in [1.29, 1.82) is 0 Å². The first kappa shape index (κ1) is 35.3. The molecular formula is C38H42N4O6S. The molecule has 4 unspecified atom stereocenters. The summed E-state index contributed by atoms with van der Waals surface area (Å²) in [5.74, 6) is -1.97. The number of fused-ring (bicyclic) bond motifs is 1. The van der Waals surface area contributed by atoms with E-state index in [4.69, 9.17) is 4.74 Å². The van der Waals surface area contributed by atoms with Gasteiger partial charge in [-0.1, -0.05) is 92.7 Å². The summed E-state index contributed by atoms with van der Waals surface area (Å²) in [6.45, 7) is 4.39. The van der Waals surface area contributed by atoms with Crippen LogP contribution in [0.2, 0.25) is 0 Å². The first-order chi connectivity index (χ1) is 23.7. The fourth-order valence-corrected chi connectivity index (χ4v) is 6.93. The number of amides is 4. The topological polar surface area (TPSA) is 143 Å². The molecule has 4 amide bonds. The van der Waals surface area contributed by atoms with E-state index in [1.54, 1.807) is 6.07 Å². The third-order valence-corrected chi connectivity index (χ3v) is 9.56. The largest absolute Gasteiger partial charge is 0.445 e. The Morgan fingerprint density at radius 3 is 2.10 bits per heavy atom. The number of alkyl carbamates (subject to hydrolysis) is 1.